The van der Waals surface area contributed by atoms with Crippen LogP contribution in [0.1, 0.15) is 66.2 Å². The molecule has 28 heavy (non-hydrogen) atoms. The summed E-state index contributed by atoms with van der Waals surface area (Å²) in [4.78, 5) is 28.4. The molecule has 1 atom stereocenters. The zero-order chi connectivity index (χ0) is 20.9. The Kier molecular flexibility index (Phi) is 11.2. The van der Waals surface area contributed by atoms with E-state index in [4.69, 9.17) is 5.21 Å². The van der Waals surface area contributed by atoms with Crippen molar-refractivity contribution >= 4 is 17.6 Å². The Morgan fingerprint density at radius 1 is 1.18 bits per heavy atom. The maximum absolute atomic E-state index is 12.7. The summed E-state index contributed by atoms with van der Waals surface area (Å²) in [6.07, 6.45) is 11.4. The maximum Gasteiger partial charge on any atom is 0.267 e. The second-order valence-corrected chi connectivity index (χ2v) is 7.71. The van der Waals surface area contributed by atoms with Gasteiger partial charge in [-0.05, 0) is 37.2 Å². The van der Waals surface area contributed by atoms with E-state index in [1.54, 1.807) is 17.8 Å². The summed E-state index contributed by atoms with van der Waals surface area (Å²) in [7, 11) is 0. The van der Waals surface area contributed by atoms with Gasteiger partial charge in [-0.1, -0.05) is 46.1 Å². The number of rotatable bonds is 9. The molecule has 0 aromatic heterocycles. The molecule has 0 aromatic rings. The van der Waals surface area contributed by atoms with E-state index in [0.717, 1.165) is 12.1 Å². The van der Waals surface area contributed by atoms with Crippen LogP contribution in [0.3, 0.4) is 0 Å². The summed E-state index contributed by atoms with van der Waals surface area (Å²) in [5.41, 5.74) is 2.33. The van der Waals surface area contributed by atoms with Gasteiger partial charge in [0.15, 0.2) is 0 Å². The van der Waals surface area contributed by atoms with Crippen LogP contribution in [0.5, 0.6) is 0 Å². The van der Waals surface area contributed by atoms with Crippen molar-refractivity contribution in [3.05, 3.63) is 23.9 Å². The fraction of sp³-hybridized carbons (Fsp3) is 0.667. The van der Waals surface area contributed by atoms with Gasteiger partial charge in [0.05, 0.1) is 0 Å². The summed E-state index contributed by atoms with van der Waals surface area (Å²) in [5.74, 6) is 0.783. The second-order valence-electron chi connectivity index (χ2n) is 7.71. The van der Waals surface area contributed by atoms with Crippen molar-refractivity contribution in [2.75, 3.05) is 6.54 Å². The van der Waals surface area contributed by atoms with E-state index < -0.39 is 11.9 Å². The first kappa shape index (κ1) is 23.9. The highest BCUT2D eigenvalue weighted by Crippen LogP contribution is 2.22. The fourth-order valence-corrected chi connectivity index (χ4v) is 3.14. The van der Waals surface area contributed by atoms with Crippen molar-refractivity contribution in [3.63, 3.8) is 0 Å². The van der Waals surface area contributed by atoms with Gasteiger partial charge in [-0.3, -0.25) is 19.8 Å². The molecule has 0 spiro atoms. The lowest BCUT2D eigenvalue weighted by molar-refractivity contribution is -0.124. The summed E-state index contributed by atoms with van der Waals surface area (Å²) in [5, 5.41) is 14.7. The molecule has 0 heterocycles. The van der Waals surface area contributed by atoms with Crippen LogP contribution in [0.2, 0.25) is 0 Å². The van der Waals surface area contributed by atoms with Gasteiger partial charge in [0.1, 0.15) is 11.9 Å². The first-order valence-corrected chi connectivity index (χ1v) is 10.3. The number of hydroxylamine groups is 1. The molecule has 0 saturated heterocycles. The minimum Gasteiger partial charge on any atom is -0.354 e. The third-order valence-corrected chi connectivity index (χ3v) is 4.89. The number of nitrogens with zero attached hydrogens (tertiary/aromatic N) is 1. The summed E-state index contributed by atoms with van der Waals surface area (Å²) in [6.45, 7) is 8.53. The number of carbonyl (C=O) groups excluding carboxylic acids is 2. The molecular weight excluding hydrogens is 356 g/mol. The van der Waals surface area contributed by atoms with E-state index in [1.807, 2.05) is 27.7 Å². The Bertz CT molecular complexity index is 590. The standard InChI is InChI=1S/C21H36N4O3/c1-5-18(22-13-16(4)11-12-19(26)25-28)24-20(15(2)3)21(27)23-14-17-9-7-6-8-10-17/h11-13,15,17,20,28H,5-10,14H2,1-4H3,(H,22,24)(H,23,27)(H,25,26)/b12-11+,16-13+/t20-/m1/s1. The molecule has 4 N–H and O–H groups in total. The third-order valence-electron chi connectivity index (χ3n) is 4.89. The van der Waals surface area contributed by atoms with Crippen LogP contribution in [0.25, 0.3) is 0 Å². The first-order chi connectivity index (χ1) is 13.4. The van der Waals surface area contributed by atoms with E-state index in [9.17, 15) is 9.59 Å². The Balaban J connectivity index is 2.69. The van der Waals surface area contributed by atoms with Crippen LogP contribution in [0, 0.1) is 11.8 Å². The van der Waals surface area contributed by atoms with E-state index in [-0.39, 0.29) is 11.8 Å². The molecule has 0 aliphatic heterocycles. The molecule has 1 fully saturated rings. The van der Waals surface area contributed by atoms with Crippen LogP contribution in [-0.4, -0.2) is 35.4 Å². The Labute approximate surface area is 168 Å². The lowest BCUT2D eigenvalue weighted by Gasteiger charge is -2.24. The zero-order valence-electron chi connectivity index (χ0n) is 17.6. The number of aliphatic imine (C=N–C) groups is 1. The van der Waals surface area contributed by atoms with Crippen molar-refractivity contribution in [1.29, 1.82) is 0 Å². The predicted molar refractivity (Wildman–Crippen MR) is 112 cm³/mol. The van der Waals surface area contributed by atoms with Gasteiger partial charge < -0.3 is 10.6 Å². The lowest BCUT2D eigenvalue weighted by atomic mass is 9.89. The second kappa shape index (κ2) is 13.1. The molecular formula is C21H36N4O3. The predicted octanol–water partition coefficient (Wildman–Crippen LogP) is 3.07. The van der Waals surface area contributed by atoms with Gasteiger partial charge in [-0.2, -0.15) is 0 Å². The highest BCUT2D eigenvalue weighted by atomic mass is 16.5. The van der Waals surface area contributed by atoms with E-state index in [2.05, 4.69) is 15.6 Å². The molecule has 158 valence electrons. The molecule has 1 aliphatic rings. The van der Waals surface area contributed by atoms with Crippen LogP contribution < -0.4 is 16.1 Å². The molecule has 0 unspecified atom stereocenters. The van der Waals surface area contributed by atoms with E-state index >= 15 is 0 Å². The molecule has 0 bridgehead atoms. The molecule has 1 aliphatic carbocycles. The van der Waals surface area contributed by atoms with Gasteiger partial charge in [-0.25, -0.2) is 5.48 Å². The maximum atomic E-state index is 12.7. The monoisotopic (exact) mass is 392 g/mol. The van der Waals surface area contributed by atoms with Gasteiger partial charge >= 0.3 is 0 Å². The lowest BCUT2D eigenvalue weighted by Crippen LogP contribution is -2.40. The molecule has 1 rings (SSSR count). The minimum atomic E-state index is -0.591. The van der Waals surface area contributed by atoms with Gasteiger partial charge in [0, 0.05) is 25.2 Å². The first-order valence-electron chi connectivity index (χ1n) is 10.3. The SMILES string of the molecule is CCC(=N[C@@H](C(=O)NCC1CCCCC1)C(C)C)N/C=C(C)/C=C/C(=O)NO. The third kappa shape index (κ3) is 9.17. The number of amidine groups is 1. The summed E-state index contributed by atoms with van der Waals surface area (Å²) < 4.78 is 0. The Morgan fingerprint density at radius 2 is 1.86 bits per heavy atom. The number of hydrogen-bond donors (Lipinski definition) is 4. The van der Waals surface area contributed by atoms with Crippen molar-refractivity contribution in [2.45, 2.75) is 72.3 Å². The number of allylic oxidation sites excluding steroid dienone is 2. The average Bonchev–Trinajstić information content (AvgIpc) is 2.70. The quantitative estimate of drug-likeness (QED) is 0.121. The van der Waals surface area contributed by atoms with Gasteiger partial charge in [0.2, 0.25) is 5.91 Å². The topological polar surface area (TPSA) is 103 Å². The summed E-state index contributed by atoms with van der Waals surface area (Å²) in [6, 6.07) is -0.435. The van der Waals surface area contributed by atoms with Crippen LogP contribution in [0.4, 0.5) is 0 Å². The number of carbonyl (C=O) groups is 2. The Morgan fingerprint density at radius 3 is 2.43 bits per heavy atom. The highest BCUT2D eigenvalue weighted by molar-refractivity contribution is 5.89. The molecule has 2 amide bonds. The van der Waals surface area contributed by atoms with Crippen molar-refractivity contribution in [3.8, 4) is 0 Å². The van der Waals surface area contributed by atoms with Gasteiger partial charge in [-0.15, -0.1) is 0 Å². The van der Waals surface area contributed by atoms with Crippen molar-refractivity contribution in [1.82, 2.24) is 16.1 Å². The minimum absolute atomic E-state index is 0.0199. The smallest absolute Gasteiger partial charge is 0.267 e. The fourth-order valence-electron chi connectivity index (χ4n) is 3.14. The van der Waals surface area contributed by atoms with Crippen molar-refractivity contribution in [2.24, 2.45) is 16.8 Å². The van der Waals surface area contributed by atoms with E-state index in [0.29, 0.717) is 18.2 Å². The van der Waals surface area contributed by atoms with E-state index in [1.165, 1.54) is 38.2 Å². The van der Waals surface area contributed by atoms with Gasteiger partial charge in [0.25, 0.3) is 5.91 Å². The van der Waals surface area contributed by atoms with Crippen LogP contribution in [0.15, 0.2) is 28.9 Å². The van der Waals surface area contributed by atoms with Crippen molar-refractivity contribution < 1.29 is 14.8 Å². The molecule has 1 saturated carbocycles. The van der Waals surface area contributed by atoms with Crippen LogP contribution >= 0.6 is 0 Å². The van der Waals surface area contributed by atoms with Crippen LogP contribution in [-0.2, 0) is 9.59 Å². The average molecular weight is 393 g/mol. The molecule has 7 heteroatoms. The molecule has 0 aromatic carbocycles. The number of nitrogens with one attached hydrogen (secondary N) is 3. The zero-order valence-corrected chi connectivity index (χ0v) is 17.6. The highest BCUT2D eigenvalue weighted by Gasteiger charge is 2.23. The largest absolute Gasteiger partial charge is 0.354 e. The summed E-state index contributed by atoms with van der Waals surface area (Å²) >= 11 is 0. The normalized spacial score (nSPS) is 17.6. The molecule has 7 nitrogen and oxygen atoms in total. The molecule has 0 radical (unpaired) electrons. The number of hydrogen-bond acceptors (Lipinski definition) is 4. The Hall–Kier alpha value is -2.15. The number of amides is 2.